The van der Waals surface area contributed by atoms with Gasteiger partial charge in [0.2, 0.25) is 10.0 Å². The molecule has 0 aliphatic rings. The van der Waals surface area contributed by atoms with Gasteiger partial charge in [-0.3, -0.25) is 4.98 Å². The molecule has 0 fully saturated rings. The Kier molecular flexibility index (Phi) is 3.88. The van der Waals surface area contributed by atoms with E-state index in [0.29, 0.717) is 11.5 Å². The Morgan fingerprint density at radius 2 is 2.21 bits per heavy atom. The molecule has 0 saturated carbocycles. The molecule has 0 atom stereocenters. The Labute approximate surface area is 114 Å². The summed E-state index contributed by atoms with van der Waals surface area (Å²) in [5.41, 5.74) is 5.75. The van der Waals surface area contributed by atoms with Gasteiger partial charge in [0.25, 0.3) is 0 Å². The summed E-state index contributed by atoms with van der Waals surface area (Å²) in [6.45, 7) is 0.0133. The van der Waals surface area contributed by atoms with E-state index in [1.807, 2.05) is 0 Å². The van der Waals surface area contributed by atoms with Crippen LogP contribution in [0.15, 0.2) is 40.0 Å². The fourth-order valence-electron chi connectivity index (χ4n) is 1.27. The number of hydrogen-bond donors (Lipinski definition) is 2. The highest BCUT2D eigenvalue weighted by atomic mass is 32.2. The van der Waals surface area contributed by atoms with E-state index in [4.69, 9.17) is 22.5 Å². The monoisotopic (exact) mass is 298 g/mol. The Hall–Kier alpha value is -1.84. The van der Waals surface area contributed by atoms with Gasteiger partial charge >= 0.3 is 0 Å². The van der Waals surface area contributed by atoms with E-state index in [0.717, 1.165) is 0 Å². The summed E-state index contributed by atoms with van der Waals surface area (Å²) in [5, 5.41) is 3.48. The van der Waals surface area contributed by atoms with E-state index in [1.165, 1.54) is 24.5 Å². The van der Waals surface area contributed by atoms with Gasteiger partial charge in [-0.2, -0.15) is 0 Å². The lowest BCUT2D eigenvalue weighted by Gasteiger charge is -2.05. The molecule has 100 valence electrons. The van der Waals surface area contributed by atoms with Crippen LogP contribution in [0.5, 0.6) is 0 Å². The second-order valence-electron chi connectivity index (χ2n) is 3.55. The van der Waals surface area contributed by atoms with Gasteiger partial charge in [0.1, 0.15) is 9.88 Å². The Morgan fingerprint density at radius 1 is 1.42 bits per heavy atom. The van der Waals surface area contributed by atoms with Crippen LogP contribution in [0.25, 0.3) is 0 Å². The second kappa shape index (κ2) is 5.43. The average molecular weight is 298 g/mol. The van der Waals surface area contributed by atoms with Gasteiger partial charge in [-0.25, -0.2) is 13.1 Å². The molecule has 0 spiro atoms. The first-order chi connectivity index (χ1) is 8.99. The number of nitrogens with zero attached hydrogens (tertiary/aromatic N) is 2. The Morgan fingerprint density at radius 3 is 2.74 bits per heavy atom. The first kappa shape index (κ1) is 13.6. The number of nitrogens with one attached hydrogen (secondary N) is 1. The highest BCUT2D eigenvalue weighted by molar-refractivity contribution is 7.89. The average Bonchev–Trinajstić information content (AvgIpc) is 2.90. The van der Waals surface area contributed by atoms with E-state index in [-0.39, 0.29) is 16.4 Å². The summed E-state index contributed by atoms with van der Waals surface area (Å²) in [6.07, 6.45) is 2.62. The summed E-state index contributed by atoms with van der Waals surface area (Å²) in [5.74, 6) is 0.413. The molecule has 0 amide bonds. The third-order valence-corrected chi connectivity index (χ3v) is 3.82. The first-order valence-electron chi connectivity index (χ1n) is 5.14. The second-order valence-corrected chi connectivity index (χ2v) is 5.75. The van der Waals surface area contributed by atoms with Crippen LogP contribution in [-0.4, -0.2) is 23.5 Å². The molecule has 0 aromatic carbocycles. The SMILES string of the molecule is NC(=S)c1ccc(S(=O)(=O)NCc2ccno2)cn1. The predicted octanol–water partition coefficient (Wildman–Crippen LogP) is 0.182. The van der Waals surface area contributed by atoms with Crippen molar-refractivity contribution in [2.24, 2.45) is 5.73 Å². The van der Waals surface area contributed by atoms with Gasteiger partial charge in [0, 0.05) is 12.3 Å². The summed E-state index contributed by atoms with van der Waals surface area (Å²) >= 11 is 4.73. The zero-order chi connectivity index (χ0) is 13.9. The van der Waals surface area contributed by atoms with Crippen LogP contribution in [0.2, 0.25) is 0 Å². The first-order valence-corrected chi connectivity index (χ1v) is 7.03. The van der Waals surface area contributed by atoms with Crippen molar-refractivity contribution in [2.45, 2.75) is 11.4 Å². The number of thiocarbonyl (C=S) groups is 1. The van der Waals surface area contributed by atoms with Gasteiger partial charge in [-0.1, -0.05) is 17.4 Å². The summed E-state index contributed by atoms with van der Waals surface area (Å²) in [6, 6.07) is 4.40. The third-order valence-electron chi connectivity index (χ3n) is 2.23. The van der Waals surface area contributed by atoms with Crippen molar-refractivity contribution in [3.05, 3.63) is 42.0 Å². The van der Waals surface area contributed by atoms with Crippen molar-refractivity contribution in [3.63, 3.8) is 0 Å². The minimum atomic E-state index is -3.66. The maximum atomic E-state index is 11.9. The van der Waals surface area contributed by atoms with Crippen LogP contribution < -0.4 is 10.5 Å². The van der Waals surface area contributed by atoms with E-state index < -0.39 is 10.0 Å². The van der Waals surface area contributed by atoms with Crippen molar-refractivity contribution in [3.8, 4) is 0 Å². The van der Waals surface area contributed by atoms with Crippen LogP contribution in [0.1, 0.15) is 11.5 Å². The zero-order valence-electron chi connectivity index (χ0n) is 9.61. The lowest BCUT2D eigenvalue weighted by molar-refractivity contribution is 0.380. The molecule has 7 nitrogen and oxygen atoms in total. The topological polar surface area (TPSA) is 111 Å². The molecule has 3 N–H and O–H groups in total. The quantitative estimate of drug-likeness (QED) is 0.757. The number of hydrogen-bond acceptors (Lipinski definition) is 6. The highest BCUT2D eigenvalue weighted by Crippen LogP contribution is 2.09. The van der Waals surface area contributed by atoms with Gasteiger partial charge in [-0.05, 0) is 12.1 Å². The Bertz CT molecular complexity index is 665. The predicted molar refractivity (Wildman–Crippen MR) is 70.7 cm³/mol. The number of aromatic nitrogens is 2. The fraction of sp³-hybridized carbons (Fsp3) is 0.100. The van der Waals surface area contributed by atoms with Crippen LogP contribution in [-0.2, 0) is 16.6 Å². The van der Waals surface area contributed by atoms with Crippen molar-refractivity contribution < 1.29 is 12.9 Å². The Balaban J connectivity index is 2.13. The summed E-state index contributed by atoms with van der Waals surface area (Å²) in [4.78, 5) is 4.00. The van der Waals surface area contributed by atoms with Crippen LogP contribution >= 0.6 is 12.2 Å². The number of rotatable bonds is 5. The standard InChI is InChI=1S/C10H10N4O3S2/c11-10(18)9-2-1-8(6-12-9)19(15,16)14-5-7-3-4-13-17-7/h1-4,6,14H,5H2,(H2,11,18). The molecule has 0 unspecified atom stereocenters. The normalized spacial score (nSPS) is 11.4. The minimum absolute atomic E-state index is 0.0133. The molecular formula is C10H10N4O3S2. The van der Waals surface area contributed by atoms with E-state index in [1.54, 1.807) is 6.07 Å². The number of sulfonamides is 1. The summed E-state index contributed by atoms with van der Waals surface area (Å²) in [7, 11) is -3.66. The van der Waals surface area contributed by atoms with Gasteiger partial charge in [0.15, 0.2) is 5.76 Å². The molecule has 2 aromatic rings. The van der Waals surface area contributed by atoms with E-state index in [9.17, 15) is 8.42 Å². The third kappa shape index (κ3) is 3.34. The molecule has 2 rings (SSSR count). The molecule has 0 aliphatic carbocycles. The van der Waals surface area contributed by atoms with Crippen LogP contribution in [0.4, 0.5) is 0 Å². The van der Waals surface area contributed by atoms with Crippen LogP contribution in [0, 0.1) is 0 Å². The van der Waals surface area contributed by atoms with Gasteiger partial charge in [0.05, 0.1) is 18.4 Å². The molecule has 0 aliphatic heterocycles. The largest absolute Gasteiger partial charge is 0.388 e. The maximum absolute atomic E-state index is 11.9. The van der Waals surface area contributed by atoms with Gasteiger partial charge in [-0.15, -0.1) is 0 Å². The lowest BCUT2D eigenvalue weighted by atomic mass is 10.3. The van der Waals surface area contributed by atoms with Crippen molar-refractivity contribution in [1.82, 2.24) is 14.9 Å². The smallest absolute Gasteiger partial charge is 0.242 e. The van der Waals surface area contributed by atoms with Crippen molar-refractivity contribution in [1.29, 1.82) is 0 Å². The lowest BCUT2D eigenvalue weighted by Crippen LogP contribution is -2.23. The van der Waals surface area contributed by atoms with E-state index >= 15 is 0 Å². The molecule has 9 heteroatoms. The highest BCUT2D eigenvalue weighted by Gasteiger charge is 2.15. The molecule has 2 heterocycles. The fourth-order valence-corrected chi connectivity index (χ4v) is 2.33. The molecular weight excluding hydrogens is 288 g/mol. The minimum Gasteiger partial charge on any atom is -0.388 e. The molecule has 19 heavy (non-hydrogen) atoms. The van der Waals surface area contributed by atoms with Gasteiger partial charge < -0.3 is 10.3 Å². The molecule has 0 radical (unpaired) electrons. The van der Waals surface area contributed by atoms with Crippen molar-refractivity contribution >= 4 is 27.2 Å². The molecule has 0 saturated heterocycles. The maximum Gasteiger partial charge on any atom is 0.242 e. The van der Waals surface area contributed by atoms with E-state index in [2.05, 4.69) is 14.9 Å². The number of pyridine rings is 1. The van der Waals surface area contributed by atoms with Crippen molar-refractivity contribution in [2.75, 3.05) is 0 Å². The summed E-state index contributed by atoms with van der Waals surface area (Å²) < 4.78 is 31.0. The van der Waals surface area contributed by atoms with Crippen LogP contribution in [0.3, 0.4) is 0 Å². The molecule has 0 bridgehead atoms. The zero-order valence-corrected chi connectivity index (χ0v) is 11.2. The molecule has 2 aromatic heterocycles. The number of nitrogens with two attached hydrogens (primary N) is 1.